The number of nitrogens with zero attached hydrogens (tertiary/aromatic N) is 1. The minimum atomic E-state index is 1.11. The quantitative estimate of drug-likeness (QED) is 0.684. The van der Waals surface area contributed by atoms with Crippen LogP contribution in [0.15, 0.2) is 16.8 Å². The van der Waals surface area contributed by atoms with Crippen LogP contribution in [0.5, 0.6) is 0 Å². The van der Waals surface area contributed by atoms with Gasteiger partial charge in [-0.05, 0) is 48.8 Å². The minimum Gasteiger partial charge on any atom is -0.315 e. The number of nitrogens with one attached hydrogen (secondary N) is 1. The van der Waals surface area contributed by atoms with Crippen molar-refractivity contribution in [2.24, 2.45) is 0 Å². The van der Waals surface area contributed by atoms with E-state index in [4.69, 9.17) is 0 Å². The van der Waals surface area contributed by atoms with Gasteiger partial charge in [0.1, 0.15) is 0 Å². The molecule has 1 heterocycles. The SMILES string of the molecule is CCCNCCN(C)CCc1ccsc1. The van der Waals surface area contributed by atoms with Gasteiger partial charge >= 0.3 is 0 Å². The van der Waals surface area contributed by atoms with Gasteiger partial charge < -0.3 is 10.2 Å². The third kappa shape index (κ3) is 5.92. The minimum absolute atomic E-state index is 1.11. The predicted molar refractivity (Wildman–Crippen MR) is 68.7 cm³/mol. The zero-order chi connectivity index (χ0) is 10.9. The van der Waals surface area contributed by atoms with Crippen LogP contribution in [-0.2, 0) is 6.42 Å². The number of rotatable bonds is 8. The van der Waals surface area contributed by atoms with Gasteiger partial charge in [-0.15, -0.1) is 0 Å². The van der Waals surface area contributed by atoms with Crippen molar-refractivity contribution < 1.29 is 0 Å². The number of hydrogen-bond acceptors (Lipinski definition) is 3. The summed E-state index contributed by atoms with van der Waals surface area (Å²) in [5.74, 6) is 0. The summed E-state index contributed by atoms with van der Waals surface area (Å²) < 4.78 is 0. The van der Waals surface area contributed by atoms with E-state index in [1.54, 1.807) is 11.3 Å². The van der Waals surface area contributed by atoms with E-state index in [0.29, 0.717) is 0 Å². The Morgan fingerprint density at radius 1 is 1.33 bits per heavy atom. The molecule has 0 saturated carbocycles. The van der Waals surface area contributed by atoms with Crippen LogP contribution in [0.2, 0.25) is 0 Å². The molecule has 15 heavy (non-hydrogen) atoms. The lowest BCUT2D eigenvalue weighted by molar-refractivity contribution is 0.336. The zero-order valence-corrected chi connectivity index (χ0v) is 10.6. The van der Waals surface area contributed by atoms with Gasteiger partial charge in [-0.1, -0.05) is 6.92 Å². The van der Waals surface area contributed by atoms with Crippen LogP contribution in [0.3, 0.4) is 0 Å². The fourth-order valence-electron chi connectivity index (χ4n) is 1.44. The first-order valence-corrected chi connectivity index (χ1v) is 6.67. The van der Waals surface area contributed by atoms with Gasteiger partial charge in [-0.25, -0.2) is 0 Å². The third-order valence-corrected chi connectivity index (χ3v) is 3.19. The molecule has 1 rings (SSSR count). The van der Waals surface area contributed by atoms with Gasteiger partial charge in [0.2, 0.25) is 0 Å². The largest absolute Gasteiger partial charge is 0.315 e. The predicted octanol–water partition coefficient (Wildman–Crippen LogP) is 2.22. The first-order chi connectivity index (χ1) is 7.33. The second kappa shape index (κ2) is 7.85. The Morgan fingerprint density at radius 2 is 2.20 bits per heavy atom. The van der Waals surface area contributed by atoms with Gasteiger partial charge in [0.05, 0.1) is 0 Å². The van der Waals surface area contributed by atoms with Gasteiger partial charge in [0.25, 0.3) is 0 Å². The molecule has 0 radical (unpaired) electrons. The Bertz CT molecular complexity index is 234. The van der Waals surface area contributed by atoms with E-state index in [-0.39, 0.29) is 0 Å². The Labute approximate surface area is 97.3 Å². The molecule has 1 aromatic heterocycles. The third-order valence-electron chi connectivity index (χ3n) is 2.46. The summed E-state index contributed by atoms with van der Waals surface area (Å²) in [7, 11) is 2.19. The molecule has 0 unspecified atom stereocenters. The van der Waals surface area contributed by atoms with Gasteiger partial charge in [-0.2, -0.15) is 11.3 Å². The highest BCUT2D eigenvalue weighted by atomic mass is 32.1. The first kappa shape index (κ1) is 12.7. The lowest BCUT2D eigenvalue weighted by atomic mass is 10.2. The molecule has 0 aliphatic rings. The summed E-state index contributed by atoms with van der Waals surface area (Å²) in [5.41, 5.74) is 1.47. The van der Waals surface area contributed by atoms with Crippen molar-refractivity contribution >= 4 is 11.3 Å². The average molecular weight is 226 g/mol. The topological polar surface area (TPSA) is 15.3 Å². The number of hydrogen-bond donors (Lipinski definition) is 1. The molecule has 0 saturated heterocycles. The molecular formula is C12H22N2S. The summed E-state index contributed by atoms with van der Waals surface area (Å²) in [4.78, 5) is 2.39. The van der Waals surface area contributed by atoms with Crippen LogP contribution in [0.1, 0.15) is 18.9 Å². The molecule has 86 valence electrons. The van der Waals surface area contributed by atoms with Crippen LogP contribution in [0, 0.1) is 0 Å². The fourth-order valence-corrected chi connectivity index (χ4v) is 2.14. The lowest BCUT2D eigenvalue weighted by Gasteiger charge is -2.16. The zero-order valence-electron chi connectivity index (χ0n) is 9.83. The van der Waals surface area contributed by atoms with Crippen molar-refractivity contribution in [3.8, 4) is 0 Å². The van der Waals surface area contributed by atoms with Crippen molar-refractivity contribution in [1.82, 2.24) is 10.2 Å². The van der Waals surface area contributed by atoms with Gasteiger partial charge in [0.15, 0.2) is 0 Å². The van der Waals surface area contributed by atoms with E-state index in [1.165, 1.54) is 18.4 Å². The molecule has 0 spiro atoms. The van der Waals surface area contributed by atoms with Crippen molar-refractivity contribution in [3.05, 3.63) is 22.4 Å². The van der Waals surface area contributed by atoms with E-state index in [2.05, 4.69) is 41.0 Å². The highest BCUT2D eigenvalue weighted by Crippen LogP contribution is 2.06. The molecule has 2 nitrogen and oxygen atoms in total. The van der Waals surface area contributed by atoms with E-state index in [1.807, 2.05) is 0 Å². The standard InChI is InChI=1S/C12H22N2S/c1-3-6-13-7-9-14(2)8-4-12-5-10-15-11-12/h5,10-11,13H,3-4,6-9H2,1-2H3. The van der Waals surface area contributed by atoms with Crippen molar-refractivity contribution in [1.29, 1.82) is 0 Å². The van der Waals surface area contributed by atoms with E-state index >= 15 is 0 Å². The van der Waals surface area contributed by atoms with Crippen molar-refractivity contribution in [3.63, 3.8) is 0 Å². The smallest absolute Gasteiger partial charge is 0.0104 e. The fraction of sp³-hybridized carbons (Fsp3) is 0.667. The number of likely N-dealkylation sites (N-methyl/N-ethyl adjacent to an activating group) is 1. The summed E-state index contributed by atoms with van der Waals surface area (Å²) in [5, 5.41) is 7.81. The average Bonchev–Trinajstić information content (AvgIpc) is 2.74. The van der Waals surface area contributed by atoms with Crippen LogP contribution in [-0.4, -0.2) is 38.1 Å². The van der Waals surface area contributed by atoms with Gasteiger partial charge in [0, 0.05) is 19.6 Å². The van der Waals surface area contributed by atoms with Crippen LogP contribution in [0.25, 0.3) is 0 Å². The first-order valence-electron chi connectivity index (χ1n) is 5.73. The summed E-state index contributed by atoms with van der Waals surface area (Å²) in [6.45, 7) is 6.74. The van der Waals surface area contributed by atoms with Crippen LogP contribution in [0.4, 0.5) is 0 Å². The summed E-state index contributed by atoms with van der Waals surface area (Å²) >= 11 is 1.78. The maximum Gasteiger partial charge on any atom is 0.0104 e. The Morgan fingerprint density at radius 3 is 2.87 bits per heavy atom. The summed E-state index contributed by atoms with van der Waals surface area (Å²) in [6, 6.07) is 2.22. The van der Waals surface area contributed by atoms with Crippen molar-refractivity contribution in [2.75, 3.05) is 33.2 Å². The molecule has 0 aromatic carbocycles. The maximum absolute atomic E-state index is 3.42. The van der Waals surface area contributed by atoms with Gasteiger partial charge in [-0.3, -0.25) is 0 Å². The molecule has 0 aliphatic carbocycles. The summed E-state index contributed by atoms with van der Waals surface area (Å²) in [6.07, 6.45) is 2.40. The Kier molecular flexibility index (Phi) is 6.64. The highest BCUT2D eigenvalue weighted by Gasteiger charge is 1.99. The van der Waals surface area contributed by atoms with Crippen molar-refractivity contribution in [2.45, 2.75) is 19.8 Å². The molecule has 0 fully saturated rings. The maximum atomic E-state index is 3.42. The highest BCUT2D eigenvalue weighted by molar-refractivity contribution is 7.07. The lowest BCUT2D eigenvalue weighted by Crippen LogP contribution is -2.30. The molecule has 0 aliphatic heterocycles. The Hall–Kier alpha value is -0.380. The molecular weight excluding hydrogens is 204 g/mol. The second-order valence-electron chi connectivity index (χ2n) is 3.93. The monoisotopic (exact) mass is 226 g/mol. The molecule has 1 N–H and O–H groups in total. The molecule has 0 amide bonds. The van der Waals surface area contributed by atoms with E-state index in [9.17, 15) is 0 Å². The van der Waals surface area contributed by atoms with E-state index < -0.39 is 0 Å². The molecule has 0 bridgehead atoms. The van der Waals surface area contributed by atoms with E-state index in [0.717, 1.165) is 26.2 Å². The van der Waals surface area contributed by atoms with Crippen LogP contribution < -0.4 is 5.32 Å². The molecule has 0 atom stereocenters. The van der Waals surface area contributed by atoms with Crippen LogP contribution >= 0.6 is 11.3 Å². The normalized spacial score (nSPS) is 11.1. The molecule has 1 aromatic rings. The number of thiophene rings is 1. The molecule has 3 heteroatoms. The Balaban J connectivity index is 2.01. The second-order valence-corrected chi connectivity index (χ2v) is 4.71.